The third-order valence-corrected chi connectivity index (χ3v) is 4.03. The Labute approximate surface area is 122 Å². The van der Waals surface area contributed by atoms with Crippen molar-refractivity contribution in [2.45, 2.75) is 37.4 Å². The van der Waals surface area contributed by atoms with E-state index in [1.807, 2.05) is 13.8 Å². The quantitative estimate of drug-likeness (QED) is 0.784. The molecule has 0 aromatic heterocycles. The minimum absolute atomic E-state index is 0.0662. The van der Waals surface area contributed by atoms with Crippen LogP contribution in [0.15, 0.2) is 29.2 Å². The monoisotopic (exact) mass is 325 g/mol. The Morgan fingerprint density at radius 1 is 1.19 bits per heavy atom. The largest absolute Gasteiger partial charge is 0.416 e. The van der Waals surface area contributed by atoms with Gasteiger partial charge in [0.05, 0.1) is 16.6 Å². The Morgan fingerprint density at radius 2 is 1.76 bits per heavy atom. The van der Waals surface area contributed by atoms with Gasteiger partial charge in [0.2, 0.25) is 10.0 Å². The molecule has 21 heavy (non-hydrogen) atoms. The maximum Gasteiger partial charge on any atom is 0.416 e. The molecule has 0 amide bonds. The topological polar surface area (TPSA) is 55.4 Å². The lowest BCUT2D eigenvalue weighted by Gasteiger charge is -2.10. The summed E-state index contributed by atoms with van der Waals surface area (Å²) in [5, 5.41) is 0. The predicted octanol–water partition coefficient (Wildman–Crippen LogP) is 2.80. The van der Waals surface area contributed by atoms with Crippen molar-refractivity contribution in [1.29, 1.82) is 0 Å². The van der Waals surface area contributed by atoms with Gasteiger partial charge in [-0.1, -0.05) is 0 Å². The number of hydrogen-bond acceptors (Lipinski definition) is 3. The van der Waals surface area contributed by atoms with Crippen molar-refractivity contribution in [3.8, 4) is 0 Å². The van der Waals surface area contributed by atoms with Crippen LogP contribution in [0.2, 0.25) is 0 Å². The summed E-state index contributed by atoms with van der Waals surface area (Å²) in [6, 6.07) is 3.37. The van der Waals surface area contributed by atoms with Crippen LogP contribution in [0.3, 0.4) is 0 Å². The summed E-state index contributed by atoms with van der Waals surface area (Å²) in [7, 11) is -3.80. The van der Waals surface area contributed by atoms with E-state index in [0.29, 0.717) is 13.0 Å². The van der Waals surface area contributed by atoms with E-state index in [4.69, 9.17) is 4.74 Å². The highest BCUT2D eigenvalue weighted by Crippen LogP contribution is 2.29. The molecule has 8 heteroatoms. The molecule has 0 spiro atoms. The second-order valence-electron chi connectivity index (χ2n) is 4.69. The molecule has 4 nitrogen and oxygen atoms in total. The van der Waals surface area contributed by atoms with Gasteiger partial charge in [0.15, 0.2) is 0 Å². The van der Waals surface area contributed by atoms with Crippen molar-refractivity contribution >= 4 is 10.0 Å². The van der Waals surface area contributed by atoms with E-state index >= 15 is 0 Å². The second-order valence-corrected chi connectivity index (χ2v) is 6.46. The molecule has 0 heterocycles. The highest BCUT2D eigenvalue weighted by molar-refractivity contribution is 7.89. The van der Waals surface area contributed by atoms with E-state index in [0.717, 1.165) is 24.3 Å². The number of sulfonamides is 1. The molecule has 1 N–H and O–H groups in total. The van der Waals surface area contributed by atoms with Gasteiger partial charge < -0.3 is 4.74 Å². The lowest BCUT2D eigenvalue weighted by molar-refractivity contribution is -0.137. The molecule has 0 bridgehead atoms. The van der Waals surface area contributed by atoms with Crippen LogP contribution >= 0.6 is 0 Å². The number of ether oxygens (including phenoxy) is 1. The van der Waals surface area contributed by atoms with Gasteiger partial charge in [0, 0.05) is 13.2 Å². The summed E-state index contributed by atoms with van der Waals surface area (Å²) >= 11 is 0. The van der Waals surface area contributed by atoms with E-state index in [2.05, 4.69) is 4.72 Å². The fourth-order valence-corrected chi connectivity index (χ4v) is 2.58. The van der Waals surface area contributed by atoms with Gasteiger partial charge in [-0.25, -0.2) is 13.1 Å². The predicted molar refractivity (Wildman–Crippen MR) is 72.3 cm³/mol. The summed E-state index contributed by atoms with van der Waals surface area (Å²) in [5.74, 6) is 0. The zero-order valence-corrected chi connectivity index (χ0v) is 12.6. The molecule has 1 aromatic rings. The molecule has 0 unspecified atom stereocenters. The average molecular weight is 325 g/mol. The second kappa shape index (κ2) is 7.24. The highest BCUT2D eigenvalue weighted by atomic mass is 32.2. The van der Waals surface area contributed by atoms with E-state index in [1.165, 1.54) is 0 Å². The average Bonchev–Trinajstić information content (AvgIpc) is 2.37. The zero-order chi connectivity index (χ0) is 16.1. The summed E-state index contributed by atoms with van der Waals surface area (Å²) in [6.45, 7) is 4.31. The standard InChI is InChI=1S/C13H18F3NO3S/c1-10(2)20-9-3-8-17-21(18,19)12-6-4-11(5-7-12)13(14,15)16/h4-7,10,17H,3,8-9H2,1-2H3. The van der Waals surface area contributed by atoms with Crippen LogP contribution in [0.1, 0.15) is 25.8 Å². The van der Waals surface area contributed by atoms with Gasteiger partial charge in [-0.05, 0) is 44.5 Å². The Bertz CT molecular complexity index is 539. The van der Waals surface area contributed by atoms with Gasteiger partial charge in [0.1, 0.15) is 0 Å². The highest BCUT2D eigenvalue weighted by Gasteiger charge is 2.30. The van der Waals surface area contributed by atoms with Gasteiger partial charge >= 0.3 is 6.18 Å². The molecule has 0 saturated heterocycles. The first-order valence-electron chi connectivity index (χ1n) is 6.41. The molecule has 0 aliphatic heterocycles. The Hall–Kier alpha value is -1.12. The van der Waals surface area contributed by atoms with Crippen LogP contribution in [-0.4, -0.2) is 27.7 Å². The van der Waals surface area contributed by atoms with Gasteiger partial charge in [-0.15, -0.1) is 0 Å². The molecule has 0 saturated carbocycles. The molecule has 120 valence electrons. The number of benzene rings is 1. The van der Waals surface area contributed by atoms with Crippen molar-refractivity contribution in [3.05, 3.63) is 29.8 Å². The molecular formula is C13H18F3NO3S. The summed E-state index contributed by atoms with van der Waals surface area (Å²) in [6.07, 6.45) is -3.93. The number of hydrogen-bond donors (Lipinski definition) is 1. The first kappa shape index (κ1) is 17.9. The maximum absolute atomic E-state index is 12.4. The number of alkyl halides is 3. The van der Waals surface area contributed by atoms with E-state index in [-0.39, 0.29) is 17.5 Å². The van der Waals surface area contributed by atoms with Gasteiger partial charge in [-0.3, -0.25) is 0 Å². The third kappa shape index (κ3) is 6.03. The molecule has 0 aliphatic carbocycles. The maximum atomic E-state index is 12.4. The van der Waals surface area contributed by atoms with Crippen molar-refractivity contribution in [3.63, 3.8) is 0 Å². The summed E-state index contributed by atoms with van der Waals surface area (Å²) in [4.78, 5) is -0.194. The van der Waals surface area contributed by atoms with Crippen LogP contribution in [0, 0.1) is 0 Å². The summed E-state index contributed by atoms with van der Waals surface area (Å²) in [5.41, 5.74) is -0.883. The van der Waals surface area contributed by atoms with E-state index in [1.54, 1.807) is 0 Å². The molecule has 0 radical (unpaired) electrons. The van der Waals surface area contributed by atoms with Crippen LogP contribution in [-0.2, 0) is 20.9 Å². The van der Waals surface area contributed by atoms with Crippen LogP contribution in [0.25, 0.3) is 0 Å². The number of nitrogens with one attached hydrogen (secondary N) is 1. The van der Waals surface area contributed by atoms with Gasteiger partial charge in [-0.2, -0.15) is 13.2 Å². The first-order chi connectivity index (χ1) is 9.63. The Morgan fingerprint density at radius 3 is 2.24 bits per heavy atom. The molecule has 1 rings (SSSR count). The minimum atomic E-state index is -4.48. The SMILES string of the molecule is CC(C)OCCCNS(=O)(=O)c1ccc(C(F)(F)F)cc1. The van der Waals surface area contributed by atoms with Crippen molar-refractivity contribution in [2.24, 2.45) is 0 Å². The van der Waals surface area contributed by atoms with Crippen molar-refractivity contribution in [2.75, 3.05) is 13.2 Å². The lowest BCUT2D eigenvalue weighted by atomic mass is 10.2. The van der Waals surface area contributed by atoms with Crippen LogP contribution in [0.5, 0.6) is 0 Å². The van der Waals surface area contributed by atoms with Gasteiger partial charge in [0.25, 0.3) is 0 Å². The van der Waals surface area contributed by atoms with Crippen molar-refractivity contribution in [1.82, 2.24) is 4.72 Å². The molecule has 0 aliphatic rings. The number of halogens is 3. The van der Waals surface area contributed by atoms with Crippen molar-refractivity contribution < 1.29 is 26.3 Å². The zero-order valence-electron chi connectivity index (χ0n) is 11.8. The van der Waals surface area contributed by atoms with E-state index in [9.17, 15) is 21.6 Å². The fourth-order valence-electron chi connectivity index (χ4n) is 1.50. The van der Waals surface area contributed by atoms with Crippen LogP contribution in [0.4, 0.5) is 13.2 Å². The molecule has 1 aromatic carbocycles. The summed E-state index contributed by atoms with van der Waals surface area (Å²) < 4.78 is 68.5. The normalized spacial score (nSPS) is 12.9. The molecular weight excluding hydrogens is 307 g/mol. The first-order valence-corrected chi connectivity index (χ1v) is 7.90. The molecule has 0 atom stereocenters. The lowest BCUT2D eigenvalue weighted by Crippen LogP contribution is -2.26. The van der Waals surface area contributed by atoms with Crippen LogP contribution < -0.4 is 4.72 Å². The molecule has 0 fully saturated rings. The van der Waals surface area contributed by atoms with E-state index < -0.39 is 21.8 Å². The number of rotatable bonds is 7. The minimum Gasteiger partial charge on any atom is -0.379 e. The third-order valence-electron chi connectivity index (χ3n) is 2.56. The Kier molecular flexibility index (Phi) is 6.18. The Balaban J connectivity index is 2.58. The fraction of sp³-hybridized carbons (Fsp3) is 0.538. The smallest absolute Gasteiger partial charge is 0.379 e.